The molecule has 0 radical (unpaired) electrons. The highest BCUT2D eigenvalue weighted by Crippen LogP contribution is 2.30. The van der Waals surface area contributed by atoms with Crippen molar-refractivity contribution >= 4 is 11.7 Å². The van der Waals surface area contributed by atoms with E-state index in [9.17, 15) is 18.0 Å². The smallest absolute Gasteiger partial charge is 0.364 e. The van der Waals surface area contributed by atoms with Gasteiger partial charge in [0.15, 0.2) is 0 Å². The second-order valence-electron chi connectivity index (χ2n) is 4.23. The lowest BCUT2D eigenvalue weighted by atomic mass is 10.1. The van der Waals surface area contributed by atoms with Crippen LogP contribution in [0.15, 0.2) is 24.3 Å². The summed E-state index contributed by atoms with van der Waals surface area (Å²) in [4.78, 5) is 11.1. The number of amides is 2. The van der Waals surface area contributed by atoms with Crippen LogP contribution in [0.3, 0.4) is 0 Å². The summed E-state index contributed by atoms with van der Waals surface area (Å²) >= 11 is 0. The summed E-state index contributed by atoms with van der Waals surface area (Å²) in [5.74, 6) is 0. The van der Waals surface area contributed by atoms with Crippen LogP contribution in [0.1, 0.15) is 12.5 Å². The maximum absolute atomic E-state index is 12.6. The Kier molecular flexibility index (Phi) is 3.52. The van der Waals surface area contributed by atoms with E-state index < -0.39 is 23.9 Å². The van der Waals surface area contributed by atoms with Gasteiger partial charge in [0.2, 0.25) is 0 Å². The van der Waals surface area contributed by atoms with Crippen LogP contribution in [0, 0.1) is 0 Å². The van der Waals surface area contributed by atoms with Crippen molar-refractivity contribution in [3.63, 3.8) is 0 Å². The van der Waals surface area contributed by atoms with Crippen LogP contribution in [0.5, 0.6) is 0 Å². The third-order valence-electron chi connectivity index (χ3n) is 2.71. The Labute approximate surface area is 107 Å². The second-order valence-corrected chi connectivity index (χ2v) is 4.23. The second kappa shape index (κ2) is 4.96. The molecule has 19 heavy (non-hydrogen) atoms. The van der Waals surface area contributed by atoms with Gasteiger partial charge < -0.3 is 10.6 Å². The van der Waals surface area contributed by atoms with Crippen molar-refractivity contribution < 1.29 is 18.0 Å². The Hall–Kier alpha value is -1.96. The predicted molar refractivity (Wildman–Crippen MR) is 63.1 cm³/mol. The highest BCUT2D eigenvalue weighted by atomic mass is 19.4. The van der Waals surface area contributed by atoms with Crippen LogP contribution in [-0.2, 0) is 6.18 Å². The summed E-state index contributed by atoms with van der Waals surface area (Å²) < 4.78 is 37.7. The van der Waals surface area contributed by atoms with E-state index in [2.05, 4.69) is 21.5 Å². The van der Waals surface area contributed by atoms with E-state index in [-0.39, 0.29) is 11.7 Å². The van der Waals surface area contributed by atoms with Gasteiger partial charge in [-0.05, 0) is 25.1 Å². The van der Waals surface area contributed by atoms with Crippen molar-refractivity contribution in [2.45, 2.75) is 25.3 Å². The van der Waals surface area contributed by atoms with Crippen molar-refractivity contribution in [2.24, 2.45) is 0 Å². The topological polar surface area (TPSA) is 65.2 Å². The maximum atomic E-state index is 12.6. The minimum absolute atomic E-state index is 0.188. The number of hydrogen-bond acceptors (Lipinski definition) is 3. The number of carbonyl (C=O) groups is 1. The number of rotatable bonds is 2. The number of urea groups is 1. The average Bonchev–Trinajstić information content (AvgIpc) is 2.33. The first kappa shape index (κ1) is 13.5. The third-order valence-corrected chi connectivity index (χ3v) is 2.71. The quantitative estimate of drug-likeness (QED) is 0.663. The monoisotopic (exact) mass is 274 g/mol. The molecular formula is C11H13F3N4O. The summed E-state index contributed by atoms with van der Waals surface area (Å²) in [5.41, 5.74) is 4.61. The van der Waals surface area contributed by atoms with Gasteiger partial charge in [0.05, 0.1) is 11.6 Å². The molecule has 104 valence electrons. The molecule has 0 aliphatic carbocycles. The van der Waals surface area contributed by atoms with Crippen LogP contribution >= 0.6 is 0 Å². The first-order valence-electron chi connectivity index (χ1n) is 5.62. The summed E-state index contributed by atoms with van der Waals surface area (Å²) in [6.45, 7) is 1.78. The number of hydrogen-bond donors (Lipinski definition) is 4. The first-order chi connectivity index (χ1) is 8.86. The lowest BCUT2D eigenvalue weighted by Gasteiger charge is -2.32. The van der Waals surface area contributed by atoms with Crippen LogP contribution in [0.2, 0.25) is 0 Å². The molecule has 5 nitrogen and oxygen atoms in total. The molecule has 1 aliphatic heterocycles. The molecule has 2 unspecified atom stereocenters. The van der Waals surface area contributed by atoms with Crippen molar-refractivity contribution in [2.75, 3.05) is 5.32 Å². The molecule has 0 bridgehead atoms. The normalized spacial score (nSPS) is 23.5. The van der Waals surface area contributed by atoms with E-state index >= 15 is 0 Å². The molecule has 2 atom stereocenters. The van der Waals surface area contributed by atoms with Crippen molar-refractivity contribution in [3.8, 4) is 0 Å². The zero-order chi connectivity index (χ0) is 14.0. The Bertz CT molecular complexity index is 477. The minimum atomic E-state index is -4.39. The van der Waals surface area contributed by atoms with Gasteiger partial charge in [0.1, 0.15) is 6.17 Å². The maximum Gasteiger partial charge on any atom is 0.416 e. The molecule has 2 rings (SSSR count). The molecule has 1 fully saturated rings. The van der Waals surface area contributed by atoms with Gasteiger partial charge in [-0.15, -0.1) is 0 Å². The van der Waals surface area contributed by atoms with Crippen LogP contribution in [-0.4, -0.2) is 18.2 Å². The van der Waals surface area contributed by atoms with Gasteiger partial charge in [0.25, 0.3) is 0 Å². The average molecular weight is 274 g/mol. The largest absolute Gasteiger partial charge is 0.416 e. The number of anilines is 1. The summed E-state index contributed by atoms with van der Waals surface area (Å²) in [5, 5.41) is 5.41. The van der Waals surface area contributed by atoms with Crippen LogP contribution in [0.4, 0.5) is 23.7 Å². The molecule has 1 aliphatic rings. The fourth-order valence-corrected chi connectivity index (χ4v) is 1.69. The molecule has 1 saturated heterocycles. The van der Waals surface area contributed by atoms with Crippen LogP contribution < -0.4 is 21.5 Å². The fraction of sp³-hybridized carbons (Fsp3) is 0.364. The van der Waals surface area contributed by atoms with Gasteiger partial charge in [0, 0.05) is 5.69 Å². The molecule has 0 spiro atoms. The Morgan fingerprint density at radius 2 is 2.05 bits per heavy atom. The number of carbonyl (C=O) groups excluding carboxylic acids is 1. The SMILES string of the molecule is CC1NNC(=O)NC1Nc1cccc(C(F)(F)F)c1. The van der Waals surface area contributed by atoms with Crippen LogP contribution in [0.25, 0.3) is 0 Å². The lowest BCUT2D eigenvalue weighted by molar-refractivity contribution is -0.137. The number of hydrazine groups is 1. The number of benzene rings is 1. The van der Waals surface area contributed by atoms with E-state index in [0.29, 0.717) is 0 Å². The standard InChI is InChI=1S/C11H13F3N4O/c1-6-9(16-10(19)18-17-6)15-8-4-2-3-7(5-8)11(12,13)14/h2-6,9,15,17H,1H3,(H2,16,18,19). The first-order valence-corrected chi connectivity index (χ1v) is 5.62. The van der Waals surface area contributed by atoms with Gasteiger partial charge in [-0.1, -0.05) is 6.07 Å². The minimum Gasteiger partial charge on any atom is -0.364 e. The molecule has 1 aromatic rings. The van der Waals surface area contributed by atoms with Gasteiger partial charge in [-0.2, -0.15) is 13.2 Å². The van der Waals surface area contributed by atoms with Gasteiger partial charge in [-0.3, -0.25) is 5.43 Å². The summed E-state index contributed by atoms with van der Waals surface area (Å²) in [6.07, 6.45) is -4.89. The van der Waals surface area contributed by atoms with Gasteiger partial charge >= 0.3 is 12.2 Å². The predicted octanol–water partition coefficient (Wildman–Crippen LogP) is 1.65. The molecule has 0 aromatic heterocycles. The summed E-state index contributed by atoms with van der Waals surface area (Å²) in [6, 6.07) is 4.19. The molecular weight excluding hydrogens is 261 g/mol. The molecule has 2 amide bonds. The Morgan fingerprint density at radius 1 is 1.32 bits per heavy atom. The fourth-order valence-electron chi connectivity index (χ4n) is 1.69. The van der Waals surface area contributed by atoms with E-state index in [1.165, 1.54) is 12.1 Å². The highest BCUT2D eigenvalue weighted by molar-refractivity contribution is 5.75. The Balaban J connectivity index is 2.12. The zero-order valence-electron chi connectivity index (χ0n) is 10.0. The van der Waals surface area contributed by atoms with Crippen molar-refractivity contribution in [1.82, 2.24) is 16.2 Å². The van der Waals surface area contributed by atoms with E-state index in [1.807, 2.05) is 0 Å². The van der Waals surface area contributed by atoms with E-state index in [4.69, 9.17) is 0 Å². The highest BCUT2D eigenvalue weighted by Gasteiger charge is 2.31. The van der Waals surface area contributed by atoms with E-state index in [1.54, 1.807) is 6.92 Å². The number of nitrogens with one attached hydrogen (secondary N) is 4. The molecule has 4 N–H and O–H groups in total. The third kappa shape index (κ3) is 3.28. The molecule has 1 heterocycles. The molecule has 8 heteroatoms. The lowest BCUT2D eigenvalue weighted by Crippen LogP contribution is -2.65. The van der Waals surface area contributed by atoms with Crippen molar-refractivity contribution in [1.29, 1.82) is 0 Å². The summed E-state index contributed by atoms with van der Waals surface area (Å²) in [7, 11) is 0. The Morgan fingerprint density at radius 3 is 2.74 bits per heavy atom. The molecule has 1 aromatic carbocycles. The number of alkyl halides is 3. The number of halogens is 3. The zero-order valence-corrected chi connectivity index (χ0v) is 10.0. The van der Waals surface area contributed by atoms with Crippen molar-refractivity contribution in [3.05, 3.63) is 29.8 Å². The van der Waals surface area contributed by atoms with E-state index in [0.717, 1.165) is 12.1 Å². The molecule has 0 saturated carbocycles. The van der Waals surface area contributed by atoms with Gasteiger partial charge in [-0.25, -0.2) is 10.2 Å².